The highest BCUT2D eigenvalue weighted by Gasteiger charge is 2.63. The highest BCUT2D eigenvalue weighted by molar-refractivity contribution is 7.00. The summed E-state index contributed by atoms with van der Waals surface area (Å²) in [6.45, 7) is 37.9. The van der Waals surface area contributed by atoms with Crippen molar-refractivity contribution in [3.05, 3.63) is 220 Å². The van der Waals surface area contributed by atoms with E-state index in [2.05, 4.69) is 295 Å². The Morgan fingerprint density at radius 2 is 0.831 bits per heavy atom. The van der Waals surface area contributed by atoms with E-state index in [4.69, 9.17) is 0 Å². The maximum Gasteiger partial charge on any atom is 0.252 e. The molecule has 0 N–H and O–H groups in total. The van der Waals surface area contributed by atoms with E-state index in [1.807, 2.05) is 0 Å². The molecule has 0 aromatic heterocycles. The van der Waals surface area contributed by atoms with Crippen LogP contribution in [0.3, 0.4) is 0 Å². The van der Waals surface area contributed by atoms with Gasteiger partial charge in [0, 0.05) is 45.5 Å². The number of hydrogen-bond acceptors (Lipinski definition) is 3. The summed E-state index contributed by atoms with van der Waals surface area (Å²) >= 11 is 0. The molecule has 2 unspecified atom stereocenters. The third-order valence-corrected chi connectivity index (χ3v) is 18.4. The van der Waals surface area contributed by atoms with E-state index in [9.17, 15) is 0 Å². The topological polar surface area (TPSA) is 9.72 Å². The first kappa shape index (κ1) is 51.0. The predicted octanol–water partition coefficient (Wildman–Crippen LogP) is 17.6. The summed E-state index contributed by atoms with van der Waals surface area (Å²) in [7, 11) is 0. The number of hydrogen-bond donors (Lipinski definition) is 0. The summed E-state index contributed by atoms with van der Waals surface area (Å²) in [4.78, 5) is 8.15. The molecule has 4 heteroatoms. The number of aryl methyl sites for hydroxylation is 1. The Bertz CT molecular complexity index is 3510. The van der Waals surface area contributed by atoms with Gasteiger partial charge in [0.1, 0.15) is 0 Å². The molecule has 77 heavy (non-hydrogen) atoms. The summed E-state index contributed by atoms with van der Waals surface area (Å²) in [5, 5.41) is 0. The molecule has 3 heterocycles. The van der Waals surface area contributed by atoms with Crippen LogP contribution in [0.1, 0.15) is 167 Å². The summed E-state index contributed by atoms with van der Waals surface area (Å²) in [6.07, 6.45) is 1.99. The van der Waals surface area contributed by atoms with E-state index in [1.54, 1.807) is 0 Å². The van der Waals surface area contributed by atoms with Crippen molar-refractivity contribution < 1.29 is 0 Å². The third kappa shape index (κ3) is 7.80. The van der Waals surface area contributed by atoms with E-state index >= 15 is 0 Å². The molecule has 8 aromatic rings. The lowest BCUT2D eigenvalue weighted by molar-refractivity contribution is 0.270. The molecule has 4 aliphatic rings. The molecule has 12 rings (SSSR count). The van der Waals surface area contributed by atoms with Crippen LogP contribution in [0.4, 0.5) is 45.5 Å². The summed E-state index contributed by atoms with van der Waals surface area (Å²) in [6, 6.07) is 67.5. The van der Waals surface area contributed by atoms with Crippen molar-refractivity contribution in [3.63, 3.8) is 0 Å². The maximum atomic E-state index is 2.82. The highest BCUT2D eigenvalue weighted by Crippen LogP contribution is 2.67. The highest BCUT2D eigenvalue weighted by atomic mass is 15.3. The molecule has 0 bridgehead atoms. The van der Waals surface area contributed by atoms with Gasteiger partial charge in [-0.15, -0.1) is 0 Å². The van der Waals surface area contributed by atoms with Crippen LogP contribution < -0.4 is 31.1 Å². The van der Waals surface area contributed by atoms with Crippen LogP contribution in [-0.4, -0.2) is 6.71 Å². The second kappa shape index (κ2) is 17.1. The number of rotatable bonds is 4. The van der Waals surface area contributed by atoms with E-state index in [0.717, 1.165) is 12.8 Å². The lowest BCUT2D eigenvalue weighted by Crippen LogP contribution is -2.61. The zero-order valence-electron chi connectivity index (χ0n) is 49.0. The molecule has 0 amide bonds. The molecule has 0 spiro atoms. The van der Waals surface area contributed by atoms with Gasteiger partial charge in [-0.3, -0.25) is 0 Å². The first-order valence-corrected chi connectivity index (χ1v) is 28.6. The van der Waals surface area contributed by atoms with E-state index in [0.29, 0.717) is 0 Å². The molecular formula is C73H80BN3. The third-order valence-electron chi connectivity index (χ3n) is 18.4. The molecule has 3 aliphatic heterocycles. The molecule has 2 atom stereocenters. The van der Waals surface area contributed by atoms with Crippen LogP contribution in [-0.2, 0) is 44.4 Å². The van der Waals surface area contributed by atoms with Gasteiger partial charge in [-0.1, -0.05) is 219 Å². The van der Waals surface area contributed by atoms with Crippen LogP contribution in [0.15, 0.2) is 170 Å². The van der Waals surface area contributed by atoms with Gasteiger partial charge in [0.05, 0.1) is 11.0 Å². The van der Waals surface area contributed by atoms with Crippen molar-refractivity contribution in [2.75, 3.05) is 14.7 Å². The molecule has 390 valence electrons. The monoisotopic (exact) mass is 1010 g/mol. The lowest BCUT2D eigenvalue weighted by Gasteiger charge is -2.53. The van der Waals surface area contributed by atoms with Crippen LogP contribution in [0.5, 0.6) is 0 Å². The Labute approximate surface area is 462 Å². The van der Waals surface area contributed by atoms with Gasteiger partial charge >= 0.3 is 0 Å². The fourth-order valence-electron chi connectivity index (χ4n) is 14.0. The van der Waals surface area contributed by atoms with E-state index in [-0.39, 0.29) is 39.2 Å². The average molecular weight is 1010 g/mol. The molecule has 0 saturated heterocycles. The van der Waals surface area contributed by atoms with Gasteiger partial charge < -0.3 is 14.7 Å². The molecule has 0 fully saturated rings. The summed E-state index contributed by atoms with van der Waals surface area (Å²) < 4.78 is 0. The van der Waals surface area contributed by atoms with Crippen molar-refractivity contribution in [1.82, 2.24) is 0 Å². The minimum atomic E-state index is -0.533. The molecular weight excluding hydrogens is 930 g/mol. The Balaban J connectivity index is 1.27. The van der Waals surface area contributed by atoms with Gasteiger partial charge in [0.2, 0.25) is 0 Å². The van der Waals surface area contributed by atoms with Crippen LogP contribution in [0, 0.1) is 0 Å². The first-order chi connectivity index (χ1) is 36.2. The molecule has 3 nitrogen and oxygen atoms in total. The van der Waals surface area contributed by atoms with Gasteiger partial charge in [0.25, 0.3) is 6.71 Å². The Kier molecular flexibility index (Phi) is 11.3. The summed E-state index contributed by atoms with van der Waals surface area (Å²) in [5.74, 6) is 0. The van der Waals surface area contributed by atoms with Crippen molar-refractivity contribution in [2.45, 2.75) is 162 Å². The van der Waals surface area contributed by atoms with Crippen LogP contribution >= 0.6 is 0 Å². The molecule has 8 aromatic carbocycles. The first-order valence-electron chi connectivity index (χ1n) is 28.6. The number of anilines is 8. The van der Waals surface area contributed by atoms with Crippen molar-refractivity contribution in [2.24, 2.45) is 0 Å². The van der Waals surface area contributed by atoms with Crippen LogP contribution in [0.2, 0.25) is 0 Å². The lowest BCUT2D eigenvalue weighted by atomic mass is 9.33. The standard InChI is InChI=1S/C73H80BN3/c1-67(2,3)49-27-22-29-54(40-49)75-62-43-52(70(10,11)12)32-35-59(62)74-60-36-33-53(71(13,14)15)44-63(60)76(55-30-23-28-50(41-55)68(4,5)6)65-46-56(45-64(75)66(65)74)77-61-37-34-51(69(7,8)9)42-58(61)73(48-25-18-17-19-26-48)39-38-47-24-20-21-31-57(47)72(73,77)16/h17-37,40-46H,38-39H2,1-16H3. The van der Waals surface area contributed by atoms with Crippen molar-refractivity contribution in [1.29, 1.82) is 0 Å². The smallest absolute Gasteiger partial charge is 0.252 e. The second-order valence-corrected chi connectivity index (χ2v) is 28.5. The van der Waals surface area contributed by atoms with Crippen molar-refractivity contribution >= 4 is 68.6 Å². The molecule has 1 aliphatic carbocycles. The Hall–Kier alpha value is -6.78. The largest absolute Gasteiger partial charge is 0.330 e. The van der Waals surface area contributed by atoms with E-state index < -0.39 is 5.54 Å². The predicted molar refractivity (Wildman–Crippen MR) is 332 cm³/mol. The zero-order valence-corrected chi connectivity index (χ0v) is 49.0. The minimum absolute atomic E-state index is 0.0270. The van der Waals surface area contributed by atoms with Crippen molar-refractivity contribution in [3.8, 4) is 0 Å². The fraction of sp³-hybridized carbons (Fsp3) is 0.342. The fourth-order valence-corrected chi connectivity index (χ4v) is 14.0. The zero-order chi connectivity index (χ0) is 54.6. The molecule has 0 radical (unpaired) electrons. The SMILES string of the molecule is CC(C)(C)c1cccc(N2c3cc(C(C)(C)C)ccc3B3c4ccc(C(C)(C)C)cc4N(c4cccc(C(C)(C)C)c4)c4cc(N5c6ccc(C(C)(C)C)cc6C6(c7ccccc7)CCc7ccccc7C56C)cc2c43)c1. The normalized spacial score (nSPS) is 18.8. The number of nitrogens with zero attached hydrogens (tertiary/aromatic N) is 3. The minimum Gasteiger partial charge on any atom is -0.330 e. The Morgan fingerprint density at radius 3 is 1.34 bits per heavy atom. The van der Waals surface area contributed by atoms with Gasteiger partial charge in [0.15, 0.2) is 0 Å². The second-order valence-electron chi connectivity index (χ2n) is 28.5. The van der Waals surface area contributed by atoms with Gasteiger partial charge in [-0.25, -0.2) is 0 Å². The van der Waals surface area contributed by atoms with Gasteiger partial charge in [-0.05, 0) is 168 Å². The average Bonchev–Trinajstić information content (AvgIpc) is 3.92. The quantitative estimate of drug-likeness (QED) is 0.163. The van der Waals surface area contributed by atoms with E-state index in [1.165, 1.54) is 112 Å². The van der Waals surface area contributed by atoms with Crippen LogP contribution in [0.25, 0.3) is 0 Å². The molecule has 0 saturated carbocycles. The Morgan fingerprint density at radius 1 is 0.377 bits per heavy atom. The number of fused-ring (bicyclic) bond motifs is 9. The van der Waals surface area contributed by atoms with Gasteiger partial charge in [-0.2, -0.15) is 0 Å². The maximum absolute atomic E-state index is 2.82. The number of benzene rings is 8. The summed E-state index contributed by atoms with van der Waals surface area (Å²) in [5.41, 5.74) is 24.9.